The minimum atomic E-state index is -0.865. The van der Waals surface area contributed by atoms with Gasteiger partial charge in [0.25, 0.3) is 0 Å². The molecule has 5 heteroatoms. The van der Waals surface area contributed by atoms with Crippen LogP contribution in [0.15, 0.2) is 16.6 Å². The van der Waals surface area contributed by atoms with Crippen LogP contribution < -0.4 is 9.47 Å². The normalized spacial score (nSPS) is 18.5. The van der Waals surface area contributed by atoms with Gasteiger partial charge in [0.2, 0.25) is 0 Å². The second-order valence-corrected chi connectivity index (χ2v) is 6.48. The second kappa shape index (κ2) is 5.04. The molecule has 2 rings (SSSR count). The Morgan fingerprint density at radius 1 is 1.32 bits per heavy atom. The van der Waals surface area contributed by atoms with Crippen LogP contribution in [0.3, 0.4) is 0 Å². The number of benzene rings is 1. The van der Waals surface area contributed by atoms with Crippen LogP contribution in [-0.4, -0.2) is 24.3 Å². The summed E-state index contributed by atoms with van der Waals surface area (Å²) in [5, 5.41) is 9.11. The van der Waals surface area contributed by atoms with Crippen LogP contribution in [-0.2, 0) is 4.79 Å². The van der Waals surface area contributed by atoms with Gasteiger partial charge >= 0.3 is 5.97 Å². The van der Waals surface area contributed by atoms with Crippen LogP contribution in [0, 0.1) is 5.41 Å². The Balaban J connectivity index is 2.39. The van der Waals surface area contributed by atoms with Crippen LogP contribution in [0.25, 0.3) is 0 Å². The fourth-order valence-electron chi connectivity index (χ4n) is 1.83. The first-order valence-corrected chi connectivity index (χ1v) is 6.91. The fourth-order valence-corrected chi connectivity index (χ4v) is 2.49. The summed E-state index contributed by atoms with van der Waals surface area (Å²) in [5.41, 5.74) is 0.624. The summed E-state index contributed by atoms with van der Waals surface area (Å²) < 4.78 is 12.2. The molecule has 0 radical (unpaired) electrons. The molecule has 19 heavy (non-hydrogen) atoms. The summed E-state index contributed by atoms with van der Waals surface area (Å²) >= 11 is 3.40. The lowest BCUT2D eigenvalue weighted by molar-refractivity contribution is -0.138. The summed E-state index contributed by atoms with van der Waals surface area (Å²) in [6, 6.07) is 3.53. The average molecular weight is 329 g/mol. The van der Waals surface area contributed by atoms with Gasteiger partial charge in [0.1, 0.15) is 0 Å². The molecule has 0 bridgehead atoms. The monoisotopic (exact) mass is 328 g/mol. The van der Waals surface area contributed by atoms with Gasteiger partial charge in [-0.15, -0.1) is 0 Å². The molecule has 1 N–H and O–H groups in total. The van der Waals surface area contributed by atoms with E-state index in [9.17, 15) is 4.79 Å². The van der Waals surface area contributed by atoms with Gasteiger partial charge in [0.15, 0.2) is 11.5 Å². The highest BCUT2D eigenvalue weighted by molar-refractivity contribution is 9.10. The molecule has 1 atom stereocenters. The molecule has 0 aromatic heterocycles. The number of ether oxygens (including phenoxy) is 2. The molecule has 0 spiro atoms. The molecule has 1 unspecified atom stereocenters. The zero-order valence-electron chi connectivity index (χ0n) is 11.2. The lowest BCUT2D eigenvalue weighted by atomic mass is 9.97. The first kappa shape index (κ1) is 14.2. The van der Waals surface area contributed by atoms with Gasteiger partial charge in [-0.3, -0.25) is 4.79 Å². The number of carbonyl (C=O) groups is 1. The largest absolute Gasteiger partial charge is 0.489 e. The maximum atomic E-state index is 11.1. The molecule has 0 saturated heterocycles. The topological polar surface area (TPSA) is 55.8 Å². The van der Waals surface area contributed by atoms with E-state index >= 15 is 0 Å². The van der Waals surface area contributed by atoms with Gasteiger partial charge in [0, 0.05) is 9.89 Å². The van der Waals surface area contributed by atoms with Gasteiger partial charge in [-0.05, 0) is 24.6 Å². The Kier molecular flexibility index (Phi) is 3.76. The minimum Gasteiger partial charge on any atom is -0.489 e. The number of hydrogen-bond donors (Lipinski definition) is 1. The maximum absolute atomic E-state index is 11.1. The highest BCUT2D eigenvalue weighted by atomic mass is 79.9. The Morgan fingerprint density at radius 3 is 2.37 bits per heavy atom. The van der Waals surface area contributed by atoms with E-state index < -0.39 is 11.9 Å². The van der Waals surface area contributed by atoms with Crippen molar-refractivity contribution in [2.75, 3.05) is 13.2 Å². The first-order valence-electron chi connectivity index (χ1n) is 6.12. The highest BCUT2D eigenvalue weighted by Crippen LogP contribution is 2.39. The van der Waals surface area contributed by atoms with Crippen molar-refractivity contribution < 1.29 is 19.4 Å². The number of carboxylic acid groups (broad SMARTS) is 1. The highest BCUT2D eigenvalue weighted by Gasteiger charge is 2.27. The van der Waals surface area contributed by atoms with Crippen molar-refractivity contribution >= 4 is 21.9 Å². The zero-order chi connectivity index (χ0) is 14.2. The number of rotatable bonds is 2. The summed E-state index contributed by atoms with van der Waals surface area (Å²) in [4.78, 5) is 11.1. The molecular formula is C14H17BrO4. The molecule has 1 aromatic carbocycles. The molecule has 1 heterocycles. The first-order chi connectivity index (χ1) is 8.80. The average Bonchev–Trinajstić information content (AvgIpc) is 2.47. The Labute approximate surface area is 120 Å². The van der Waals surface area contributed by atoms with E-state index in [1.807, 2.05) is 0 Å². The van der Waals surface area contributed by atoms with Crippen molar-refractivity contribution in [3.8, 4) is 11.5 Å². The van der Waals surface area contributed by atoms with Crippen molar-refractivity contribution in [1.82, 2.24) is 0 Å². The molecule has 0 aliphatic carbocycles. The van der Waals surface area contributed by atoms with Crippen LogP contribution >= 0.6 is 15.9 Å². The van der Waals surface area contributed by atoms with Crippen LogP contribution in [0.4, 0.5) is 0 Å². The Morgan fingerprint density at radius 2 is 1.84 bits per heavy atom. The number of carboxylic acids is 1. The number of halogens is 1. The Bertz CT molecular complexity index is 510. The quantitative estimate of drug-likeness (QED) is 0.903. The molecule has 1 aliphatic rings. The molecule has 1 aliphatic heterocycles. The summed E-state index contributed by atoms with van der Waals surface area (Å²) in [6.45, 7) is 6.89. The molecule has 0 amide bonds. The van der Waals surface area contributed by atoms with E-state index in [1.54, 1.807) is 19.1 Å². The van der Waals surface area contributed by atoms with E-state index in [0.29, 0.717) is 30.3 Å². The van der Waals surface area contributed by atoms with Crippen LogP contribution in [0.5, 0.6) is 11.5 Å². The predicted octanol–water partition coefficient (Wildman–Crippen LogP) is 3.43. The number of aliphatic carboxylic acids is 1. The van der Waals surface area contributed by atoms with E-state index in [0.717, 1.165) is 4.47 Å². The number of fused-ring (bicyclic) bond motifs is 1. The molecule has 0 fully saturated rings. The summed E-state index contributed by atoms with van der Waals surface area (Å²) in [7, 11) is 0. The van der Waals surface area contributed by atoms with Crippen LogP contribution in [0.1, 0.15) is 32.3 Å². The second-order valence-electron chi connectivity index (χ2n) is 5.62. The maximum Gasteiger partial charge on any atom is 0.310 e. The van der Waals surface area contributed by atoms with E-state index in [-0.39, 0.29) is 5.41 Å². The lowest BCUT2D eigenvalue weighted by Crippen LogP contribution is -2.26. The molecular weight excluding hydrogens is 312 g/mol. The summed E-state index contributed by atoms with van der Waals surface area (Å²) in [6.07, 6.45) is 0. The van der Waals surface area contributed by atoms with Crippen molar-refractivity contribution in [3.05, 3.63) is 22.2 Å². The molecule has 1 aromatic rings. The van der Waals surface area contributed by atoms with E-state index in [2.05, 4.69) is 29.8 Å². The minimum absolute atomic E-state index is 0.0654. The fraction of sp³-hybridized carbons (Fsp3) is 0.500. The summed E-state index contributed by atoms with van der Waals surface area (Å²) in [5.74, 6) is -0.203. The van der Waals surface area contributed by atoms with Crippen LogP contribution in [0.2, 0.25) is 0 Å². The van der Waals surface area contributed by atoms with E-state index in [4.69, 9.17) is 14.6 Å². The Hall–Kier alpha value is -1.23. The molecule has 104 valence electrons. The van der Waals surface area contributed by atoms with Gasteiger partial charge in [-0.2, -0.15) is 0 Å². The predicted molar refractivity (Wildman–Crippen MR) is 75.0 cm³/mol. The van der Waals surface area contributed by atoms with Crippen molar-refractivity contribution in [2.45, 2.75) is 26.7 Å². The zero-order valence-corrected chi connectivity index (χ0v) is 12.8. The van der Waals surface area contributed by atoms with Gasteiger partial charge < -0.3 is 14.6 Å². The van der Waals surface area contributed by atoms with Crippen molar-refractivity contribution in [1.29, 1.82) is 0 Å². The van der Waals surface area contributed by atoms with Crippen molar-refractivity contribution in [2.24, 2.45) is 5.41 Å². The van der Waals surface area contributed by atoms with Crippen molar-refractivity contribution in [3.63, 3.8) is 0 Å². The van der Waals surface area contributed by atoms with E-state index in [1.165, 1.54) is 0 Å². The SMILES string of the molecule is CC(C(=O)O)c1cc2c(cc1Br)OCC(C)(C)CO2. The van der Waals surface area contributed by atoms with Gasteiger partial charge in [-0.1, -0.05) is 29.8 Å². The lowest BCUT2D eigenvalue weighted by Gasteiger charge is -2.19. The third kappa shape index (κ3) is 3.03. The smallest absolute Gasteiger partial charge is 0.310 e. The van der Waals surface area contributed by atoms with Gasteiger partial charge in [-0.25, -0.2) is 0 Å². The standard InChI is InChI=1S/C14H17BrO4/c1-8(13(16)17)9-4-11-12(5-10(9)15)19-7-14(2,3)6-18-11/h4-5,8H,6-7H2,1-3H3,(H,16,17). The third-order valence-corrected chi connectivity index (χ3v) is 3.82. The van der Waals surface area contributed by atoms with Gasteiger partial charge in [0.05, 0.1) is 19.1 Å². The number of hydrogen-bond acceptors (Lipinski definition) is 3. The molecule has 4 nitrogen and oxygen atoms in total. The third-order valence-electron chi connectivity index (χ3n) is 3.14. The molecule has 0 saturated carbocycles.